The minimum atomic E-state index is -0.416. The summed E-state index contributed by atoms with van der Waals surface area (Å²) in [6, 6.07) is 17.9. The van der Waals surface area contributed by atoms with Crippen LogP contribution < -0.4 is 15.6 Å². The van der Waals surface area contributed by atoms with Gasteiger partial charge in [0.15, 0.2) is 5.16 Å². The van der Waals surface area contributed by atoms with E-state index >= 15 is 0 Å². The second-order valence-electron chi connectivity index (χ2n) is 5.43. The lowest BCUT2D eigenvalue weighted by molar-refractivity contribution is -0.115. The number of rotatable bonds is 6. The van der Waals surface area contributed by atoms with Gasteiger partial charge in [0, 0.05) is 18.0 Å². The number of nitrogens with one attached hydrogen (secondary N) is 2. The molecule has 0 aliphatic heterocycles. The van der Waals surface area contributed by atoms with Crippen molar-refractivity contribution < 1.29 is 9.53 Å². The van der Waals surface area contributed by atoms with Gasteiger partial charge in [0.2, 0.25) is 5.91 Å². The number of hydrogen-bond acceptors (Lipinski definition) is 5. The van der Waals surface area contributed by atoms with Crippen molar-refractivity contribution in [1.29, 1.82) is 0 Å². The first kappa shape index (κ1) is 17.8. The van der Waals surface area contributed by atoms with Crippen LogP contribution in [-0.2, 0) is 4.79 Å². The molecule has 0 aliphatic rings. The van der Waals surface area contributed by atoms with Crippen molar-refractivity contribution in [2.24, 2.45) is 0 Å². The van der Waals surface area contributed by atoms with Crippen LogP contribution in [0, 0.1) is 0 Å². The number of carbonyl (C=O) groups excluding carboxylic acids is 1. The number of aromatic amines is 1. The molecule has 3 rings (SSSR count). The van der Waals surface area contributed by atoms with E-state index in [9.17, 15) is 9.59 Å². The number of para-hydroxylation sites is 1. The van der Waals surface area contributed by atoms with E-state index in [0.29, 0.717) is 16.6 Å². The topological polar surface area (TPSA) is 84.1 Å². The summed E-state index contributed by atoms with van der Waals surface area (Å²) in [6.07, 6.45) is 1.41. The molecule has 0 fully saturated rings. The molecule has 0 saturated heterocycles. The van der Waals surface area contributed by atoms with Crippen LogP contribution in [0.25, 0.3) is 0 Å². The molecule has 26 heavy (non-hydrogen) atoms. The van der Waals surface area contributed by atoms with Crippen molar-refractivity contribution in [2.75, 3.05) is 5.32 Å². The van der Waals surface area contributed by atoms with Crippen molar-refractivity contribution in [3.8, 4) is 11.5 Å². The molecule has 2 N–H and O–H groups in total. The molecule has 0 bridgehead atoms. The van der Waals surface area contributed by atoms with Crippen LogP contribution in [0.15, 0.2) is 76.8 Å². The smallest absolute Gasteiger partial charge is 0.251 e. The zero-order valence-electron chi connectivity index (χ0n) is 14.0. The molecule has 1 amide bonds. The Labute approximate surface area is 154 Å². The fourth-order valence-corrected chi connectivity index (χ4v) is 2.89. The number of anilines is 1. The van der Waals surface area contributed by atoms with E-state index in [-0.39, 0.29) is 11.5 Å². The number of aromatic nitrogens is 2. The third kappa shape index (κ3) is 4.97. The number of nitrogens with zero attached hydrogens (tertiary/aromatic N) is 1. The highest BCUT2D eigenvalue weighted by molar-refractivity contribution is 8.00. The van der Waals surface area contributed by atoms with Crippen LogP contribution in [0.5, 0.6) is 11.5 Å². The Hall–Kier alpha value is -3.06. The number of carbonyl (C=O) groups is 1. The van der Waals surface area contributed by atoms with Gasteiger partial charge in [-0.1, -0.05) is 30.0 Å². The van der Waals surface area contributed by atoms with Gasteiger partial charge >= 0.3 is 0 Å². The SMILES string of the molecule is CC(Sc1nccc(=O)[nH]1)C(=O)Nc1ccc(Oc2ccccc2)cc1. The highest BCUT2D eigenvalue weighted by Crippen LogP contribution is 2.24. The minimum absolute atomic E-state index is 0.182. The first-order chi connectivity index (χ1) is 12.6. The zero-order valence-corrected chi connectivity index (χ0v) is 14.8. The molecule has 132 valence electrons. The van der Waals surface area contributed by atoms with Crippen LogP contribution in [0.2, 0.25) is 0 Å². The Morgan fingerprint density at radius 1 is 1.08 bits per heavy atom. The number of benzene rings is 2. The van der Waals surface area contributed by atoms with Crippen molar-refractivity contribution >= 4 is 23.4 Å². The molecule has 0 saturated carbocycles. The summed E-state index contributed by atoms with van der Waals surface area (Å²) < 4.78 is 5.72. The van der Waals surface area contributed by atoms with Crippen LogP contribution in [0.1, 0.15) is 6.92 Å². The lowest BCUT2D eigenvalue weighted by atomic mass is 10.3. The maximum absolute atomic E-state index is 12.3. The highest BCUT2D eigenvalue weighted by atomic mass is 32.2. The Bertz CT molecular complexity index is 927. The third-order valence-corrected chi connectivity index (χ3v) is 4.40. The van der Waals surface area contributed by atoms with Crippen LogP contribution in [-0.4, -0.2) is 21.1 Å². The molecule has 2 aromatic carbocycles. The van der Waals surface area contributed by atoms with E-state index in [1.165, 1.54) is 24.0 Å². The van der Waals surface area contributed by atoms with E-state index in [1.54, 1.807) is 31.2 Å². The summed E-state index contributed by atoms with van der Waals surface area (Å²) >= 11 is 1.19. The average molecular weight is 367 g/mol. The number of H-pyrrole nitrogens is 1. The number of thioether (sulfide) groups is 1. The summed E-state index contributed by atoms with van der Waals surface area (Å²) in [6.45, 7) is 1.75. The third-order valence-electron chi connectivity index (χ3n) is 3.41. The van der Waals surface area contributed by atoms with Crippen LogP contribution in [0.3, 0.4) is 0 Å². The predicted molar refractivity (Wildman–Crippen MR) is 102 cm³/mol. The Morgan fingerprint density at radius 3 is 2.46 bits per heavy atom. The molecule has 0 radical (unpaired) electrons. The van der Waals surface area contributed by atoms with E-state index in [1.807, 2.05) is 30.3 Å². The van der Waals surface area contributed by atoms with Gasteiger partial charge in [-0.2, -0.15) is 0 Å². The summed E-state index contributed by atoms with van der Waals surface area (Å²) in [7, 11) is 0. The van der Waals surface area contributed by atoms with Crippen molar-refractivity contribution in [1.82, 2.24) is 9.97 Å². The molecular formula is C19H17N3O3S. The fourth-order valence-electron chi connectivity index (χ4n) is 2.11. The van der Waals surface area contributed by atoms with E-state index in [2.05, 4.69) is 15.3 Å². The van der Waals surface area contributed by atoms with Gasteiger partial charge in [-0.15, -0.1) is 0 Å². The Balaban J connectivity index is 1.57. The summed E-state index contributed by atoms with van der Waals surface area (Å²) in [5.41, 5.74) is 0.418. The normalized spacial score (nSPS) is 11.6. The molecule has 1 aromatic heterocycles. The van der Waals surface area contributed by atoms with Gasteiger partial charge in [0.05, 0.1) is 5.25 Å². The number of amides is 1. The molecule has 7 heteroatoms. The maximum Gasteiger partial charge on any atom is 0.251 e. The van der Waals surface area contributed by atoms with Gasteiger partial charge in [0.25, 0.3) is 5.56 Å². The predicted octanol–water partition coefficient (Wildman–Crippen LogP) is 3.68. The molecule has 1 atom stereocenters. The number of hydrogen-bond donors (Lipinski definition) is 2. The lowest BCUT2D eigenvalue weighted by Crippen LogP contribution is -2.23. The fraction of sp³-hybridized carbons (Fsp3) is 0.105. The minimum Gasteiger partial charge on any atom is -0.457 e. The molecule has 0 spiro atoms. The van der Waals surface area contributed by atoms with Gasteiger partial charge < -0.3 is 15.0 Å². The summed E-state index contributed by atoms with van der Waals surface area (Å²) in [4.78, 5) is 30.2. The Kier molecular flexibility index (Phi) is 5.70. The molecule has 1 unspecified atom stereocenters. The zero-order chi connectivity index (χ0) is 18.4. The van der Waals surface area contributed by atoms with Crippen molar-refractivity contribution in [3.63, 3.8) is 0 Å². The van der Waals surface area contributed by atoms with Crippen LogP contribution in [0.4, 0.5) is 5.69 Å². The first-order valence-electron chi connectivity index (χ1n) is 7.96. The second-order valence-corrected chi connectivity index (χ2v) is 6.76. The molecule has 1 heterocycles. The average Bonchev–Trinajstić information content (AvgIpc) is 2.64. The van der Waals surface area contributed by atoms with Gasteiger partial charge in [-0.3, -0.25) is 9.59 Å². The first-order valence-corrected chi connectivity index (χ1v) is 8.84. The molecule has 6 nitrogen and oxygen atoms in total. The van der Waals surface area contributed by atoms with Gasteiger partial charge in [0.1, 0.15) is 11.5 Å². The maximum atomic E-state index is 12.3. The largest absolute Gasteiger partial charge is 0.457 e. The van der Waals surface area contributed by atoms with Crippen LogP contribution >= 0.6 is 11.8 Å². The van der Waals surface area contributed by atoms with Crippen molar-refractivity contribution in [2.45, 2.75) is 17.3 Å². The summed E-state index contributed by atoms with van der Waals surface area (Å²) in [5.74, 6) is 1.25. The standard InChI is InChI=1S/C19H17N3O3S/c1-13(26-19-20-12-11-17(23)22-19)18(24)21-14-7-9-16(10-8-14)25-15-5-3-2-4-6-15/h2-13H,1H3,(H,21,24)(H,20,22,23). The van der Waals surface area contributed by atoms with Gasteiger partial charge in [-0.25, -0.2) is 4.98 Å². The van der Waals surface area contributed by atoms with Gasteiger partial charge in [-0.05, 0) is 43.3 Å². The van der Waals surface area contributed by atoms with E-state index in [0.717, 1.165) is 5.75 Å². The lowest BCUT2D eigenvalue weighted by Gasteiger charge is -2.12. The molecule has 0 aliphatic carbocycles. The van der Waals surface area contributed by atoms with E-state index in [4.69, 9.17) is 4.74 Å². The molecule has 3 aromatic rings. The van der Waals surface area contributed by atoms with E-state index < -0.39 is 5.25 Å². The summed E-state index contributed by atoms with van der Waals surface area (Å²) in [5, 5.41) is 2.83. The number of ether oxygens (including phenoxy) is 1. The molecular weight excluding hydrogens is 350 g/mol. The quantitative estimate of drug-likeness (QED) is 0.513. The second kappa shape index (κ2) is 8.35. The van der Waals surface area contributed by atoms with Crippen molar-refractivity contribution in [3.05, 3.63) is 77.2 Å². The highest BCUT2D eigenvalue weighted by Gasteiger charge is 2.15. The monoisotopic (exact) mass is 367 g/mol. The Morgan fingerprint density at radius 2 is 1.77 bits per heavy atom.